The van der Waals surface area contributed by atoms with Gasteiger partial charge in [0.1, 0.15) is 11.5 Å². The van der Waals surface area contributed by atoms with Crippen LogP contribution >= 0.6 is 0 Å². The standard InChI is InChI=1S/C36H50N2O5/c1-8-35(3,4)27-17-19-31(30(24-27)36(5,6)9-2)42-22-13-12-20-38-34(40)29-18-16-26-14-10-11-15-28(26)33(29)43-25-32(39)37-21-23-41-7/h10-11,14-19,24H,8-9,12-13,20-23,25H2,1-7H3,(H,37,39)(H,38,40). The zero-order valence-electron chi connectivity index (χ0n) is 27.1. The SMILES string of the molecule is CCC(C)(C)c1ccc(OCCCCNC(=O)c2ccc3ccccc3c2OCC(=O)NCCOC)c(C(C)(C)CC)c1. The minimum absolute atomic E-state index is 0.00731. The van der Waals surface area contributed by atoms with Gasteiger partial charge < -0.3 is 24.8 Å². The summed E-state index contributed by atoms with van der Waals surface area (Å²) in [7, 11) is 1.58. The highest BCUT2D eigenvalue weighted by molar-refractivity contribution is 6.04. The Bertz CT molecular complexity index is 1370. The molecule has 0 spiro atoms. The third-order valence-corrected chi connectivity index (χ3v) is 8.47. The van der Waals surface area contributed by atoms with Crippen LogP contribution in [0.3, 0.4) is 0 Å². The van der Waals surface area contributed by atoms with Gasteiger partial charge >= 0.3 is 0 Å². The lowest BCUT2D eigenvalue weighted by molar-refractivity contribution is -0.123. The number of carbonyl (C=O) groups is 2. The van der Waals surface area contributed by atoms with Crippen LogP contribution < -0.4 is 20.1 Å². The fraction of sp³-hybridized carbons (Fsp3) is 0.500. The summed E-state index contributed by atoms with van der Waals surface area (Å²) < 4.78 is 17.2. The lowest BCUT2D eigenvalue weighted by atomic mass is 9.76. The smallest absolute Gasteiger partial charge is 0.258 e. The molecular formula is C36H50N2O5. The molecule has 0 saturated heterocycles. The molecule has 0 bridgehead atoms. The van der Waals surface area contributed by atoms with Crippen molar-refractivity contribution < 1.29 is 23.8 Å². The molecule has 234 valence electrons. The molecule has 43 heavy (non-hydrogen) atoms. The van der Waals surface area contributed by atoms with Gasteiger partial charge in [-0.05, 0) is 59.6 Å². The van der Waals surface area contributed by atoms with Gasteiger partial charge in [-0.3, -0.25) is 9.59 Å². The van der Waals surface area contributed by atoms with Gasteiger partial charge in [-0.1, -0.05) is 84.0 Å². The summed E-state index contributed by atoms with van der Waals surface area (Å²) in [6.07, 6.45) is 3.66. The molecule has 0 aliphatic rings. The molecule has 7 heteroatoms. The average molecular weight is 591 g/mol. The fourth-order valence-corrected chi connectivity index (χ4v) is 4.77. The topological polar surface area (TPSA) is 85.9 Å². The van der Waals surface area contributed by atoms with E-state index in [1.54, 1.807) is 13.2 Å². The second kappa shape index (κ2) is 15.8. The van der Waals surface area contributed by atoms with Crippen molar-refractivity contribution >= 4 is 22.6 Å². The molecule has 0 heterocycles. The quantitative estimate of drug-likeness (QED) is 0.166. The van der Waals surface area contributed by atoms with Crippen molar-refractivity contribution in [3.05, 3.63) is 71.3 Å². The lowest BCUT2D eigenvalue weighted by Gasteiger charge is -2.30. The van der Waals surface area contributed by atoms with Crippen LogP contribution in [0.4, 0.5) is 0 Å². The number of methoxy groups -OCH3 is 1. The summed E-state index contributed by atoms with van der Waals surface area (Å²) in [5.41, 5.74) is 3.11. The van der Waals surface area contributed by atoms with Gasteiger partial charge in [-0.25, -0.2) is 0 Å². The van der Waals surface area contributed by atoms with E-state index >= 15 is 0 Å². The Morgan fingerprint density at radius 3 is 2.26 bits per heavy atom. The molecule has 0 aliphatic carbocycles. The summed E-state index contributed by atoms with van der Waals surface area (Å²) in [4.78, 5) is 25.5. The zero-order valence-corrected chi connectivity index (χ0v) is 27.1. The van der Waals surface area contributed by atoms with Crippen LogP contribution in [0.15, 0.2) is 54.6 Å². The number of carbonyl (C=O) groups excluding carboxylic acids is 2. The van der Waals surface area contributed by atoms with Crippen molar-refractivity contribution in [3.8, 4) is 11.5 Å². The van der Waals surface area contributed by atoms with Crippen molar-refractivity contribution in [1.29, 1.82) is 0 Å². The normalized spacial score (nSPS) is 11.8. The molecule has 2 amide bonds. The number of hydrogen-bond donors (Lipinski definition) is 2. The van der Waals surface area contributed by atoms with Gasteiger partial charge in [0.25, 0.3) is 11.8 Å². The van der Waals surface area contributed by atoms with E-state index in [1.807, 2.05) is 30.3 Å². The molecular weight excluding hydrogens is 540 g/mol. The van der Waals surface area contributed by atoms with Gasteiger partial charge in [-0.15, -0.1) is 0 Å². The van der Waals surface area contributed by atoms with E-state index in [2.05, 4.69) is 70.4 Å². The van der Waals surface area contributed by atoms with Crippen LogP contribution in [-0.2, 0) is 20.4 Å². The minimum atomic E-state index is -0.273. The highest BCUT2D eigenvalue weighted by Gasteiger charge is 2.26. The highest BCUT2D eigenvalue weighted by atomic mass is 16.5. The van der Waals surface area contributed by atoms with Crippen molar-refractivity contribution in [2.24, 2.45) is 0 Å². The van der Waals surface area contributed by atoms with Crippen LogP contribution in [0.25, 0.3) is 10.8 Å². The number of rotatable bonds is 17. The maximum atomic E-state index is 13.2. The van der Waals surface area contributed by atoms with E-state index in [0.29, 0.717) is 37.6 Å². The number of hydrogen-bond acceptors (Lipinski definition) is 5. The zero-order chi connectivity index (χ0) is 31.5. The lowest BCUT2D eigenvalue weighted by Crippen LogP contribution is -2.32. The van der Waals surface area contributed by atoms with Crippen LogP contribution in [-0.4, -0.2) is 51.8 Å². The summed E-state index contributed by atoms with van der Waals surface area (Å²) in [6.45, 7) is 15.2. The Hall–Kier alpha value is -3.58. The van der Waals surface area contributed by atoms with E-state index < -0.39 is 0 Å². The predicted molar refractivity (Wildman–Crippen MR) is 174 cm³/mol. The fourth-order valence-electron chi connectivity index (χ4n) is 4.77. The summed E-state index contributed by atoms with van der Waals surface area (Å²) in [5, 5.41) is 7.48. The van der Waals surface area contributed by atoms with Gasteiger partial charge in [0.15, 0.2) is 6.61 Å². The molecule has 0 aliphatic heterocycles. The Kier molecular flexibility index (Phi) is 12.4. The third kappa shape index (κ3) is 9.20. The first-order valence-corrected chi connectivity index (χ1v) is 15.5. The second-order valence-electron chi connectivity index (χ2n) is 12.3. The number of unbranched alkanes of at least 4 members (excludes halogenated alkanes) is 1. The van der Waals surface area contributed by atoms with Crippen LogP contribution in [0.5, 0.6) is 11.5 Å². The van der Waals surface area contributed by atoms with Crippen molar-refractivity contribution in [1.82, 2.24) is 10.6 Å². The second-order valence-corrected chi connectivity index (χ2v) is 12.3. The highest BCUT2D eigenvalue weighted by Crippen LogP contribution is 2.38. The Labute approximate surface area is 257 Å². The van der Waals surface area contributed by atoms with Crippen molar-refractivity contribution in [3.63, 3.8) is 0 Å². The van der Waals surface area contributed by atoms with Crippen molar-refractivity contribution in [2.75, 3.05) is 40.0 Å². The maximum Gasteiger partial charge on any atom is 0.258 e. The number of fused-ring (bicyclic) bond motifs is 1. The predicted octanol–water partition coefficient (Wildman–Crippen LogP) is 6.95. The molecule has 0 aromatic heterocycles. The number of ether oxygens (including phenoxy) is 3. The molecule has 0 saturated carbocycles. The molecule has 0 atom stereocenters. The summed E-state index contributed by atoms with van der Waals surface area (Å²) in [6, 6.07) is 18.0. The molecule has 0 fully saturated rings. The van der Waals surface area contributed by atoms with Gasteiger partial charge in [0, 0.05) is 31.1 Å². The molecule has 3 rings (SSSR count). The monoisotopic (exact) mass is 590 g/mol. The summed E-state index contributed by atoms with van der Waals surface area (Å²) in [5.74, 6) is 0.838. The van der Waals surface area contributed by atoms with Crippen LogP contribution in [0, 0.1) is 0 Å². The molecule has 0 unspecified atom stereocenters. The van der Waals surface area contributed by atoms with E-state index in [1.165, 1.54) is 11.1 Å². The van der Waals surface area contributed by atoms with E-state index in [9.17, 15) is 9.59 Å². The van der Waals surface area contributed by atoms with E-state index in [-0.39, 0.29) is 29.3 Å². The van der Waals surface area contributed by atoms with Crippen LogP contribution in [0.1, 0.15) is 88.7 Å². The van der Waals surface area contributed by atoms with Gasteiger partial charge in [0.2, 0.25) is 0 Å². The molecule has 3 aromatic carbocycles. The minimum Gasteiger partial charge on any atom is -0.493 e. The number of amides is 2. The van der Waals surface area contributed by atoms with E-state index in [4.69, 9.17) is 14.2 Å². The Morgan fingerprint density at radius 1 is 0.791 bits per heavy atom. The molecule has 7 nitrogen and oxygen atoms in total. The summed E-state index contributed by atoms with van der Waals surface area (Å²) >= 11 is 0. The van der Waals surface area contributed by atoms with Gasteiger partial charge in [0.05, 0.1) is 18.8 Å². The molecule has 3 aromatic rings. The van der Waals surface area contributed by atoms with E-state index in [0.717, 1.165) is 42.2 Å². The largest absolute Gasteiger partial charge is 0.493 e. The first kappa shape index (κ1) is 33.9. The number of benzene rings is 3. The number of nitrogens with one attached hydrogen (secondary N) is 2. The molecule has 2 N–H and O–H groups in total. The first-order chi connectivity index (χ1) is 20.5. The van der Waals surface area contributed by atoms with Crippen molar-refractivity contribution in [2.45, 2.75) is 78.1 Å². The Balaban J connectivity index is 1.59. The molecule has 0 radical (unpaired) electrons. The third-order valence-electron chi connectivity index (χ3n) is 8.47. The average Bonchev–Trinajstić information content (AvgIpc) is 3.01. The maximum absolute atomic E-state index is 13.2. The van der Waals surface area contributed by atoms with Crippen LogP contribution in [0.2, 0.25) is 0 Å². The van der Waals surface area contributed by atoms with Gasteiger partial charge in [-0.2, -0.15) is 0 Å². The first-order valence-electron chi connectivity index (χ1n) is 15.5. The Morgan fingerprint density at radius 2 is 1.53 bits per heavy atom.